The summed E-state index contributed by atoms with van der Waals surface area (Å²) < 4.78 is 18.5. The molecule has 6 nitrogen and oxygen atoms in total. The molecular weight excluding hydrogens is 337 g/mol. The van der Waals surface area contributed by atoms with E-state index < -0.39 is 17.8 Å². The molecule has 2 aromatic rings. The van der Waals surface area contributed by atoms with Gasteiger partial charge in [-0.1, -0.05) is 23.7 Å². The van der Waals surface area contributed by atoms with Crippen LogP contribution in [0.5, 0.6) is 5.75 Å². The molecule has 126 valence electrons. The number of ether oxygens (including phenoxy) is 1. The number of carbonyl (C=O) groups is 2. The summed E-state index contributed by atoms with van der Waals surface area (Å²) in [6.07, 6.45) is 0. The molecule has 2 rings (SSSR count). The average Bonchev–Trinajstić information content (AvgIpc) is 2.55. The number of hydrogen-bond donors (Lipinski definition) is 3. The number of rotatable bonds is 5. The summed E-state index contributed by atoms with van der Waals surface area (Å²) in [6, 6.07) is 9.69. The monoisotopic (exact) mass is 351 g/mol. The molecule has 0 aliphatic heterocycles. The fraction of sp³-hybridized carbons (Fsp3) is 0.125. The largest absolute Gasteiger partial charge is 0.495 e. The van der Waals surface area contributed by atoms with Crippen LogP contribution in [-0.2, 0) is 4.79 Å². The zero-order valence-electron chi connectivity index (χ0n) is 12.7. The van der Waals surface area contributed by atoms with Crippen molar-refractivity contribution in [2.24, 2.45) is 0 Å². The summed E-state index contributed by atoms with van der Waals surface area (Å²) >= 11 is 5.88. The highest BCUT2D eigenvalue weighted by atomic mass is 35.5. The molecule has 3 amide bonds. The Hall–Kier alpha value is -2.80. The molecule has 3 N–H and O–H groups in total. The number of nitrogens with one attached hydrogen (secondary N) is 3. The van der Waals surface area contributed by atoms with Gasteiger partial charge >= 0.3 is 6.03 Å². The molecule has 0 radical (unpaired) electrons. The van der Waals surface area contributed by atoms with Crippen molar-refractivity contribution in [1.82, 2.24) is 5.32 Å². The molecule has 0 saturated carbocycles. The Bertz CT molecular complexity index is 755. The number of urea groups is 1. The number of hydrogen-bond acceptors (Lipinski definition) is 4. The van der Waals surface area contributed by atoms with Crippen LogP contribution in [-0.4, -0.2) is 25.6 Å². The van der Waals surface area contributed by atoms with Crippen LogP contribution in [0.25, 0.3) is 0 Å². The van der Waals surface area contributed by atoms with Crippen molar-refractivity contribution >= 4 is 34.9 Å². The number of anilines is 2. The number of para-hydroxylation sites is 1. The highest BCUT2D eigenvalue weighted by molar-refractivity contribution is 6.30. The molecule has 0 spiro atoms. The molecule has 24 heavy (non-hydrogen) atoms. The van der Waals surface area contributed by atoms with Gasteiger partial charge in [0.15, 0.2) is 0 Å². The van der Waals surface area contributed by atoms with E-state index in [2.05, 4.69) is 16.0 Å². The summed E-state index contributed by atoms with van der Waals surface area (Å²) in [7, 11) is 1.48. The number of imide groups is 1. The Morgan fingerprint density at radius 1 is 1.17 bits per heavy atom. The Balaban J connectivity index is 1.88. The zero-order valence-corrected chi connectivity index (χ0v) is 13.5. The summed E-state index contributed by atoms with van der Waals surface area (Å²) in [5.41, 5.74) is 0.488. The smallest absolute Gasteiger partial charge is 0.326 e. The van der Waals surface area contributed by atoms with Gasteiger partial charge in [-0.15, -0.1) is 0 Å². The Labute approximate surface area is 143 Å². The van der Waals surface area contributed by atoms with Gasteiger partial charge in [-0.05, 0) is 30.3 Å². The zero-order chi connectivity index (χ0) is 17.5. The maximum atomic E-state index is 13.4. The Kier molecular flexibility index (Phi) is 5.97. The minimum absolute atomic E-state index is 0.0210. The number of benzene rings is 2. The van der Waals surface area contributed by atoms with E-state index in [1.807, 2.05) is 0 Å². The van der Waals surface area contributed by atoms with Crippen LogP contribution in [0.3, 0.4) is 0 Å². The summed E-state index contributed by atoms with van der Waals surface area (Å²) in [5.74, 6) is -0.698. The highest BCUT2D eigenvalue weighted by Gasteiger charge is 2.11. The number of halogens is 2. The predicted octanol–water partition coefficient (Wildman–Crippen LogP) is 3.25. The third-order valence-electron chi connectivity index (χ3n) is 2.98. The number of carbonyl (C=O) groups excluding carboxylic acids is 2. The molecule has 0 aromatic heterocycles. The number of methoxy groups -OCH3 is 1. The highest BCUT2D eigenvalue weighted by Crippen LogP contribution is 2.27. The minimum atomic E-state index is -0.829. The average molecular weight is 352 g/mol. The molecule has 0 saturated heterocycles. The molecule has 2 aromatic carbocycles. The van der Waals surface area contributed by atoms with E-state index in [0.717, 1.165) is 0 Å². The fourth-order valence-corrected chi connectivity index (χ4v) is 2.05. The first kappa shape index (κ1) is 17.6. The van der Waals surface area contributed by atoms with Gasteiger partial charge in [-0.25, -0.2) is 9.18 Å². The van der Waals surface area contributed by atoms with Crippen LogP contribution in [0.1, 0.15) is 0 Å². The predicted molar refractivity (Wildman–Crippen MR) is 90.1 cm³/mol. The van der Waals surface area contributed by atoms with Crippen LogP contribution >= 0.6 is 11.6 Å². The van der Waals surface area contributed by atoms with Crippen LogP contribution in [0.15, 0.2) is 42.5 Å². The molecule has 0 unspecified atom stereocenters. The topological polar surface area (TPSA) is 79.5 Å². The lowest BCUT2D eigenvalue weighted by Crippen LogP contribution is -2.38. The first-order valence-corrected chi connectivity index (χ1v) is 7.30. The fourth-order valence-electron chi connectivity index (χ4n) is 1.88. The van der Waals surface area contributed by atoms with E-state index in [4.69, 9.17) is 16.3 Å². The summed E-state index contributed by atoms with van der Waals surface area (Å²) in [4.78, 5) is 23.5. The van der Waals surface area contributed by atoms with E-state index >= 15 is 0 Å². The van der Waals surface area contributed by atoms with Crippen molar-refractivity contribution in [2.75, 3.05) is 24.3 Å². The van der Waals surface area contributed by atoms with Crippen molar-refractivity contribution in [3.05, 3.63) is 53.3 Å². The maximum Gasteiger partial charge on any atom is 0.326 e. The second kappa shape index (κ2) is 8.16. The maximum absolute atomic E-state index is 13.4. The molecular formula is C16H15ClFN3O3. The Morgan fingerprint density at radius 3 is 2.62 bits per heavy atom. The van der Waals surface area contributed by atoms with Crippen molar-refractivity contribution in [3.63, 3.8) is 0 Å². The standard InChI is InChI=1S/C16H15ClFN3O3/c1-24-14-7-6-10(17)8-13(14)19-9-15(22)21-16(23)20-12-5-3-2-4-11(12)18/h2-8,19H,9H2,1H3,(H2,20,21,22,23). The third kappa shape index (κ3) is 4.85. The van der Waals surface area contributed by atoms with Crippen LogP contribution < -0.4 is 20.7 Å². The quantitative estimate of drug-likeness (QED) is 0.772. The van der Waals surface area contributed by atoms with Gasteiger partial charge in [0.25, 0.3) is 0 Å². The summed E-state index contributed by atoms with van der Waals surface area (Å²) in [6.45, 7) is -0.193. The first-order valence-electron chi connectivity index (χ1n) is 6.92. The molecule has 0 fully saturated rings. The summed E-state index contributed by atoms with van der Waals surface area (Å²) in [5, 5.41) is 7.62. The van der Waals surface area contributed by atoms with Crippen molar-refractivity contribution in [2.45, 2.75) is 0 Å². The lowest BCUT2D eigenvalue weighted by atomic mass is 10.3. The van der Waals surface area contributed by atoms with E-state index in [1.54, 1.807) is 24.3 Å². The van der Waals surface area contributed by atoms with Gasteiger partial charge in [0.2, 0.25) is 5.91 Å². The molecule has 0 aliphatic rings. The first-order chi connectivity index (χ1) is 11.5. The minimum Gasteiger partial charge on any atom is -0.495 e. The third-order valence-corrected chi connectivity index (χ3v) is 3.21. The van der Waals surface area contributed by atoms with Crippen LogP contribution in [0.4, 0.5) is 20.6 Å². The van der Waals surface area contributed by atoms with Gasteiger partial charge < -0.3 is 15.4 Å². The van der Waals surface area contributed by atoms with E-state index in [9.17, 15) is 14.0 Å². The normalized spacial score (nSPS) is 9.96. The van der Waals surface area contributed by atoms with Crippen LogP contribution in [0.2, 0.25) is 5.02 Å². The molecule has 0 heterocycles. The van der Waals surface area contributed by atoms with E-state index in [-0.39, 0.29) is 12.2 Å². The van der Waals surface area contributed by atoms with Gasteiger partial charge in [0, 0.05) is 5.02 Å². The van der Waals surface area contributed by atoms with E-state index in [0.29, 0.717) is 16.5 Å². The van der Waals surface area contributed by atoms with Crippen molar-refractivity contribution < 1.29 is 18.7 Å². The van der Waals surface area contributed by atoms with Gasteiger partial charge in [-0.2, -0.15) is 0 Å². The second-order valence-electron chi connectivity index (χ2n) is 4.68. The molecule has 8 heteroatoms. The molecule has 0 aliphatic carbocycles. The SMILES string of the molecule is COc1ccc(Cl)cc1NCC(=O)NC(=O)Nc1ccccc1F. The lowest BCUT2D eigenvalue weighted by molar-refractivity contribution is -0.118. The van der Waals surface area contributed by atoms with Gasteiger partial charge in [0.1, 0.15) is 11.6 Å². The molecule has 0 atom stereocenters. The van der Waals surface area contributed by atoms with E-state index in [1.165, 1.54) is 25.3 Å². The van der Waals surface area contributed by atoms with Crippen LogP contribution in [0, 0.1) is 5.82 Å². The Morgan fingerprint density at radius 2 is 1.92 bits per heavy atom. The van der Waals surface area contributed by atoms with Crippen molar-refractivity contribution in [3.8, 4) is 5.75 Å². The molecule has 0 bridgehead atoms. The van der Waals surface area contributed by atoms with Crippen molar-refractivity contribution in [1.29, 1.82) is 0 Å². The lowest BCUT2D eigenvalue weighted by Gasteiger charge is -2.12. The second-order valence-corrected chi connectivity index (χ2v) is 5.12. The number of amides is 3. The van der Waals surface area contributed by atoms with Gasteiger partial charge in [0.05, 0.1) is 25.0 Å². The van der Waals surface area contributed by atoms with Gasteiger partial charge in [-0.3, -0.25) is 10.1 Å².